The normalized spacial score (nSPS) is 10.3. The van der Waals surface area contributed by atoms with Gasteiger partial charge in [-0.05, 0) is 18.2 Å². The molecule has 0 saturated carbocycles. The summed E-state index contributed by atoms with van der Waals surface area (Å²) in [5, 5.41) is 14.7. The summed E-state index contributed by atoms with van der Waals surface area (Å²) >= 11 is 0. The van der Waals surface area contributed by atoms with Crippen molar-refractivity contribution in [2.75, 3.05) is 0 Å². The number of hydrogen-bond acceptors (Lipinski definition) is 4. The van der Waals surface area contributed by atoms with E-state index in [9.17, 15) is 4.39 Å². The van der Waals surface area contributed by atoms with Crippen LogP contribution in [0.1, 0.15) is 11.3 Å². The molecule has 1 aromatic heterocycles. The van der Waals surface area contributed by atoms with Gasteiger partial charge in [-0.15, -0.1) is 5.10 Å². The van der Waals surface area contributed by atoms with Gasteiger partial charge in [0.05, 0.1) is 6.20 Å². The summed E-state index contributed by atoms with van der Waals surface area (Å²) < 4.78 is 20.4. The molecule has 0 aliphatic heterocycles. The monoisotopic (exact) mass is 249 g/mol. The van der Waals surface area contributed by atoms with Crippen molar-refractivity contribution in [2.24, 2.45) is 12.8 Å². The summed E-state index contributed by atoms with van der Waals surface area (Å²) in [5.74, 6) is -0.661. The molecule has 0 radical (unpaired) electrons. The zero-order valence-electron chi connectivity index (χ0n) is 9.72. The lowest BCUT2D eigenvalue weighted by molar-refractivity contribution is 0.285. The van der Waals surface area contributed by atoms with Crippen LogP contribution in [0.15, 0.2) is 24.4 Å². The number of ether oxygens (including phenoxy) is 1. The van der Waals surface area contributed by atoms with Gasteiger partial charge in [-0.3, -0.25) is 10.1 Å². The third kappa shape index (κ3) is 2.62. The average Bonchev–Trinajstić information content (AvgIpc) is 2.73. The van der Waals surface area contributed by atoms with Crippen molar-refractivity contribution in [3.63, 3.8) is 0 Å². The number of aromatic nitrogens is 3. The number of nitrogens with two attached hydrogens (primary N) is 1. The molecule has 6 nitrogen and oxygen atoms in total. The smallest absolute Gasteiger partial charge is 0.165 e. The van der Waals surface area contributed by atoms with E-state index in [-0.39, 0.29) is 18.2 Å². The Bertz CT molecular complexity index is 581. The second-order valence-corrected chi connectivity index (χ2v) is 3.73. The molecule has 0 saturated heterocycles. The Labute approximate surface area is 103 Å². The Kier molecular flexibility index (Phi) is 3.22. The molecule has 7 heteroatoms. The topological polar surface area (TPSA) is 89.8 Å². The molecular formula is C11H12FN5O. The molecule has 1 aromatic carbocycles. The Morgan fingerprint density at radius 1 is 1.56 bits per heavy atom. The Morgan fingerprint density at radius 3 is 2.89 bits per heavy atom. The van der Waals surface area contributed by atoms with Crippen LogP contribution in [-0.2, 0) is 13.7 Å². The van der Waals surface area contributed by atoms with Crippen LogP contribution < -0.4 is 10.5 Å². The van der Waals surface area contributed by atoms with Gasteiger partial charge in [0, 0.05) is 12.6 Å². The van der Waals surface area contributed by atoms with Crippen molar-refractivity contribution in [2.45, 2.75) is 6.61 Å². The van der Waals surface area contributed by atoms with Crippen LogP contribution in [0.2, 0.25) is 0 Å². The van der Waals surface area contributed by atoms with E-state index in [1.165, 1.54) is 16.8 Å². The molecule has 1 heterocycles. The van der Waals surface area contributed by atoms with E-state index in [1.807, 2.05) is 0 Å². The second kappa shape index (κ2) is 4.82. The molecule has 0 aliphatic carbocycles. The van der Waals surface area contributed by atoms with Crippen LogP contribution in [0.5, 0.6) is 5.75 Å². The molecular weight excluding hydrogens is 237 g/mol. The number of nitrogens with one attached hydrogen (secondary N) is 1. The van der Waals surface area contributed by atoms with Gasteiger partial charge < -0.3 is 10.5 Å². The number of halogens is 1. The van der Waals surface area contributed by atoms with E-state index in [1.54, 1.807) is 13.2 Å². The molecule has 2 rings (SSSR count). The zero-order valence-corrected chi connectivity index (χ0v) is 9.72. The number of amidine groups is 1. The number of nitrogen functional groups attached to an aromatic ring is 1. The van der Waals surface area contributed by atoms with Crippen LogP contribution in [0.4, 0.5) is 4.39 Å². The summed E-state index contributed by atoms with van der Waals surface area (Å²) in [6, 6.07) is 4.12. The molecule has 0 atom stereocenters. The fourth-order valence-electron chi connectivity index (χ4n) is 1.40. The molecule has 0 fully saturated rings. The minimum atomic E-state index is -0.563. The SMILES string of the molecule is Cn1cc(COc2ccc(C(=N)N)cc2F)nn1. The first-order valence-electron chi connectivity index (χ1n) is 5.18. The average molecular weight is 249 g/mol. The highest BCUT2D eigenvalue weighted by molar-refractivity contribution is 5.95. The van der Waals surface area contributed by atoms with Crippen molar-refractivity contribution in [3.8, 4) is 5.75 Å². The molecule has 94 valence electrons. The number of nitrogens with zero attached hydrogens (tertiary/aromatic N) is 3. The van der Waals surface area contributed by atoms with Crippen LogP contribution >= 0.6 is 0 Å². The molecule has 0 spiro atoms. The maximum absolute atomic E-state index is 13.6. The predicted molar refractivity (Wildman–Crippen MR) is 62.8 cm³/mol. The van der Waals surface area contributed by atoms with Crippen molar-refractivity contribution in [3.05, 3.63) is 41.5 Å². The van der Waals surface area contributed by atoms with Gasteiger partial charge in [-0.25, -0.2) is 4.39 Å². The standard InChI is InChI=1S/C11H12FN5O/c1-17-5-8(15-16-17)6-18-10-3-2-7(11(13)14)4-9(10)12/h2-5H,6H2,1H3,(H3,13,14). The first kappa shape index (κ1) is 12.0. The van der Waals surface area contributed by atoms with E-state index in [0.29, 0.717) is 11.3 Å². The van der Waals surface area contributed by atoms with E-state index in [0.717, 1.165) is 6.07 Å². The van der Waals surface area contributed by atoms with Crippen molar-refractivity contribution in [1.29, 1.82) is 5.41 Å². The number of hydrogen-bond donors (Lipinski definition) is 2. The highest BCUT2D eigenvalue weighted by atomic mass is 19.1. The molecule has 0 aliphatic rings. The largest absolute Gasteiger partial charge is 0.484 e. The predicted octanol–water partition coefficient (Wildman–Crippen LogP) is 0.817. The van der Waals surface area contributed by atoms with Crippen LogP contribution in [-0.4, -0.2) is 20.8 Å². The van der Waals surface area contributed by atoms with Gasteiger partial charge in [-0.2, -0.15) is 0 Å². The lowest BCUT2D eigenvalue weighted by Gasteiger charge is -2.06. The maximum atomic E-state index is 13.6. The first-order chi connectivity index (χ1) is 8.56. The number of aryl methyl sites for hydroxylation is 1. The molecule has 0 bridgehead atoms. The van der Waals surface area contributed by atoms with Gasteiger partial charge in [0.25, 0.3) is 0 Å². The van der Waals surface area contributed by atoms with E-state index >= 15 is 0 Å². The lowest BCUT2D eigenvalue weighted by atomic mass is 10.2. The van der Waals surface area contributed by atoms with Gasteiger partial charge in [0.1, 0.15) is 18.1 Å². The van der Waals surface area contributed by atoms with Crippen LogP contribution in [0, 0.1) is 11.2 Å². The maximum Gasteiger partial charge on any atom is 0.165 e. The van der Waals surface area contributed by atoms with E-state index < -0.39 is 5.82 Å². The molecule has 18 heavy (non-hydrogen) atoms. The fourth-order valence-corrected chi connectivity index (χ4v) is 1.40. The highest BCUT2D eigenvalue weighted by Gasteiger charge is 2.07. The van der Waals surface area contributed by atoms with Crippen molar-refractivity contribution < 1.29 is 9.13 Å². The molecule has 0 unspecified atom stereocenters. The summed E-state index contributed by atoms with van der Waals surface area (Å²) in [4.78, 5) is 0. The third-order valence-corrected chi connectivity index (χ3v) is 2.27. The second-order valence-electron chi connectivity index (χ2n) is 3.73. The van der Waals surface area contributed by atoms with Crippen LogP contribution in [0.25, 0.3) is 0 Å². The highest BCUT2D eigenvalue weighted by Crippen LogP contribution is 2.19. The lowest BCUT2D eigenvalue weighted by Crippen LogP contribution is -2.11. The summed E-state index contributed by atoms with van der Waals surface area (Å²) in [7, 11) is 1.73. The summed E-state index contributed by atoms with van der Waals surface area (Å²) in [6.45, 7) is 0.129. The minimum absolute atomic E-state index is 0.0886. The molecule has 0 amide bonds. The van der Waals surface area contributed by atoms with E-state index in [4.69, 9.17) is 15.9 Å². The zero-order chi connectivity index (χ0) is 13.1. The number of rotatable bonds is 4. The Balaban J connectivity index is 2.08. The molecule has 2 aromatic rings. The minimum Gasteiger partial charge on any atom is -0.484 e. The third-order valence-electron chi connectivity index (χ3n) is 2.27. The summed E-state index contributed by atoms with van der Waals surface area (Å²) in [6.07, 6.45) is 1.68. The van der Waals surface area contributed by atoms with Gasteiger partial charge in [0.2, 0.25) is 0 Å². The van der Waals surface area contributed by atoms with Crippen molar-refractivity contribution >= 4 is 5.84 Å². The fraction of sp³-hybridized carbons (Fsp3) is 0.182. The van der Waals surface area contributed by atoms with Gasteiger partial charge in [-0.1, -0.05) is 5.21 Å². The van der Waals surface area contributed by atoms with E-state index in [2.05, 4.69) is 10.3 Å². The van der Waals surface area contributed by atoms with Gasteiger partial charge >= 0.3 is 0 Å². The molecule has 3 N–H and O–H groups in total. The quantitative estimate of drug-likeness (QED) is 0.620. The summed E-state index contributed by atoms with van der Waals surface area (Å²) in [5.41, 5.74) is 6.18. The van der Waals surface area contributed by atoms with Crippen LogP contribution in [0.3, 0.4) is 0 Å². The van der Waals surface area contributed by atoms with Crippen molar-refractivity contribution in [1.82, 2.24) is 15.0 Å². The Hall–Kier alpha value is -2.44. The van der Waals surface area contributed by atoms with Gasteiger partial charge in [0.15, 0.2) is 11.6 Å². The Morgan fingerprint density at radius 2 is 2.33 bits per heavy atom. The number of benzene rings is 1. The first-order valence-corrected chi connectivity index (χ1v) is 5.18.